The van der Waals surface area contributed by atoms with Gasteiger partial charge >= 0.3 is 6.03 Å². The molecule has 2 amide bonds. The zero-order chi connectivity index (χ0) is 18.0. The van der Waals surface area contributed by atoms with E-state index in [1.54, 1.807) is 30.5 Å². The molecular formula is C14H13N5O4S2. The van der Waals surface area contributed by atoms with Crippen LogP contribution in [0, 0.1) is 6.92 Å². The quantitative estimate of drug-likeness (QED) is 0.710. The lowest BCUT2D eigenvalue weighted by Crippen LogP contribution is -2.35. The lowest BCUT2D eigenvalue weighted by molar-refractivity contribution is 0.256. The summed E-state index contributed by atoms with van der Waals surface area (Å²) in [6.45, 7) is 1.69. The van der Waals surface area contributed by atoms with Gasteiger partial charge in [0, 0.05) is 18.0 Å². The van der Waals surface area contributed by atoms with Crippen molar-refractivity contribution in [1.29, 1.82) is 0 Å². The van der Waals surface area contributed by atoms with Gasteiger partial charge in [-0.1, -0.05) is 0 Å². The molecule has 0 unspecified atom stereocenters. The van der Waals surface area contributed by atoms with Gasteiger partial charge in [-0.05, 0) is 29.8 Å². The number of fused-ring (bicyclic) bond motifs is 1. The van der Waals surface area contributed by atoms with Gasteiger partial charge in [0.1, 0.15) is 0 Å². The highest BCUT2D eigenvalue weighted by atomic mass is 32.2. The van der Waals surface area contributed by atoms with E-state index in [4.69, 9.17) is 4.74 Å². The van der Waals surface area contributed by atoms with Crippen molar-refractivity contribution in [2.75, 3.05) is 12.4 Å². The largest absolute Gasteiger partial charge is 0.481 e. The maximum absolute atomic E-state index is 12.4. The van der Waals surface area contributed by atoms with Crippen LogP contribution in [-0.2, 0) is 10.0 Å². The molecule has 9 nitrogen and oxygen atoms in total. The van der Waals surface area contributed by atoms with Gasteiger partial charge in [0.2, 0.25) is 11.8 Å². The molecule has 3 rings (SSSR count). The van der Waals surface area contributed by atoms with Crippen LogP contribution in [0.25, 0.3) is 10.1 Å². The third-order valence-corrected chi connectivity index (χ3v) is 5.42. The predicted molar refractivity (Wildman–Crippen MR) is 92.3 cm³/mol. The average molecular weight is 379 g/mol. The smallest absolute Gasteiger partial charge is 0.335 e. The molecule has 0 spiro atoms. The van der Waals surface area contributed by atoms with Crippen LogP contribution in [0.15, 0.2) is 34.8 Å². The zero-order valence-electron chi connectivity index (χ0n) is 13.2. The Morgan fingerprint density at radius 1 is 1.28 bits per heavy atom. The highest BCUT2D eigenvalue weighted by Gasteiger charge is 2.23. The summed E-state index contributed by atoms with van der Waals surface area (Å²) in [5.41, 5.74) is 0.551. The van der Waals surface area contributed by atoms with E-state index in [2.05, 4.69) is 20.3 Å². The number of thiophene rings is 1. The topological polar surface area (TPSA) is 123 Å². The Bertz CT molecular complexity index is 1050. The van der Waals surface area contributed by atoms with Crippen LogP contribution in [0.5, 0.6) is 5.88 Å². The zero-order valence-corrected chi connectivity index (χ0v) is 14.8. The highest BCUT2D eigenvalue weighted by molar-refractivity contribution is 7.90. The summed E-state index contributed by atoms with van der Waals surface area (Å²) >= 11 is 1.22. The Morgan fingerprint density at radius 2 is 2.08 bits per heavy atom. The van der Waals surface area contributed by atoms with E-state index < -0.39 is 16.1 Å². The molecule has 0 aromatic carbocycles. The number of aryl methyl sites for hydroxylation is 1. The monoisotopic (exact) mass is 379 g/mol. The molecule has 3 heterocycles. The fourth-order valence-electron chi connectivity index (χ4n) is 2.06. The first-order valence-electron chi connectivity index (χ1n) is 6.95. The van der Waals surface area contributed by atoms with E-state index in [9.17, 15) is 13.2 Å². The van der Waals surface area contributed by atoms with Crippen LogP contribution in [0.1, 0.15) is 5.69 Å². The van der Waals surface area contributed by atoms with Crippen molar-refractivity contribution >= 4 is 43.4 Å². The molecule has 0 saturated heterocycles. The average Bonchev–Trinajstić information content (AvgIpc) is 3.01. The third-order valence-electron chi connectivity index (χ3n) is 3.08. The molecule has 0 fully saturated rings. The Hall–Kier alpha value is -2.79. The number of hydrogen-bond acceptors (Lipinski definition) is 8. The number of nitrogens with one attached hydrogen (secondary N) is 2. The van der Waals surface area contributed by atoms with E-state index in [0.717, 1.165) is 5.39 Å². The summed E-state index contributed by atoms with van der Waals surface area (Å²) in [6, 6.07) is 4.04. The van der Waals surface area contributed by atoms with E-state index >= 15 is 0 Å². The number of rotatable bonds is 4. The molecule has 0 atom stereocenters. The first-order chi connectivity index (χ1) is 11.9. The highest BCUT2D eigenvalue weighted by Crippen LogP contribution is 2.26. The fraction of sp³-hybridized carbons (Fsp3) is 0.143. The van der Waals surface area contributed by atoms with Gasteiger partial charge in [-0.15, -0.1) is 11.3 Å². The van der Waals surface area contributed by atoms with Crippen molar-refractivity contribution in [2.24, 2.45) is 0 Å². The van der Waals surface area contributed by atoms with Crippen LogP contribution in [0.4, 0.5) is 10.7 Å². The first kappa shape index (κ1) is 17.0. The molecule has 0 saturated carbocycles. The molecule has 130 valence electrons. The number of urea groups is 1. The lowest BCUT2D eigenvalue weighted by atomic mass is 10.3. The van der Waals surface area contributed by atoms with Crippen molar-refractivity contribution in [3.63, 3.8) is 0 Å². The fourth-order valence-corrected chi connectivity index (χ4v) is 4.26. The second-order valence-corrected chi connectivity index (χ2v) is 7.40. The number of sulfonamides is 1. The molecule has 3 aromatic heterocycles. The maximum Gasteiger partial charge on any atom is 0.335 e. The van der Waals surface area contributed by atoms with Crippen molar-refractivity contribution in [1.82, 2.24) is 19.7 Å². The Balaban J connectivity index is 1.83. The minimum absolute atomic E-state index is 0.0770. The number of pyridine rings is 1. The Morgan fingerprint density at radius 3 is 2.84 bits per heavy atom. The summed E-state index contributed by atoms with van der Waals surface area (Å²) in [7, 11) is -2.73. The summed E-state index contributed by atoms with van der Waals surface area (Å²) in [5.74, 6) is 0.169. The molecule has 3 aromatic rings. The summed E-state index contributed by atoms with van der Waals surface area (Å²) in [6.07, 6.45) is 1.37. The second kappa shape index (κ2) is 6.61. The lowest BCUT2D eigenvalue weighted by Gasteiger charge is -2.09. The second-order valence-electron chi connectivity index (χ2n) is 4.89. The van der Waals surface area contributed by atoms with Crippen LogP contribution >= 0.6 is 11.3 Å². The van der Waals surface area contributed by atoms with Gasteiger partial charge in [-0.3, -0.25) is 5.32 Å². The van der Waals surface area contributed by atoms with E-state index in [1.165, 1.54) is 24.6 Å². The number of nitrogens with zero attached hydrogens (tertiary/aromatic N) is 3. The molecule has 0 radical (unpaired) electrons. The van der Waals surface area contributed by atoms with Gasteiger partial charge in [0.05, 0.1) is 11.8 Å². The first-order valence-corrected chi connectivity index (χ1v) is 9.31. The van der Waals surface area contributed by atoms with E-state index in [-0.39, 0.29) is 16.9 Å². The minimum Gasteiger partial charge on any atom is -0.481 e. The molecular weight excluding hydrogens is 366 g/mol. The van der Waals surface area contributed by atoms with Crippen molar-refractivity contribution in [3.8, 4) is 5.88 Å². The molecule has 0 bridgehead atoms. The number of hydrogen-bond donors (Lipinski definition) is 2. The Labute approximate surface area is 147 Å². The van der Waals surface area contributed by atoms with Gasteiger partial charge in [-0.25, -0.2) is 19.5 Å². The molecule has 0 aliphatic rings. The summed E-state index contributed by atoms with van der Waals surface area (Å²) < 4.78 is 32.2. The normalized spacial score (nSPS) is 11.3. The number of aromatic nitrogens is 3. The number of carbonyl (C=O) groups excluding carboxylic acids is 1. The number of amides is 2. The van der Waals surface area contributed by atoms with Gasteiger partial charge < -0.3 is 4.74 Å². The SMILES string of the molecule is COc1cc(C)nc(NC(=O)NS(=O)(=O)c2nccc3ccsc23)n1. The number of methoxy groups -OCH3 is 1. The van der Waals surface area contributed by atoms with Crippen molar-refractivity contribution in [2.45, 2.75) is 11.9 Å². The maximum atomic E-state index is 12.4. The molecule has 25 heavy (non-hydrogen) atoms. The van der Waals surface area contributed by atoms with Crippen LogP contribution < -0.4 is 14.8 Å². The summed E-state index contributed by atoms with van der Waals surface area (Å²) in [5, 5.41) is 4.54. The number of anilines is 1. The minimum atomic E-state index is -4.15. The van der Waals surface area contributed by atoms with Gasteiger partial charge in [0.25, 0.3) is 10.0 Å². The van der Waals surface area contributed by atoms with E-state index in [0.29, 0.717) is 10.4 Å². The predicted octanol–water partition coefficient (Wildman–Crippen LogP) is 1.91. The third kappa shape index (κ3) is 3.67. The Kier molecular flexibility index (Phi) is 4.51. The molecule has 2 N–H and O–H groups in total. The standard InChI is InChI=1S/C14H13N5O4S2/c1-8-7-10(23-2)17-13(16-8)18-14(20)19-25(21,22)12-11-9(3-5-15-12)4-6-24-11/h3-7H,1-2H3,(H2,16,17,18,19,20). The van der Waals surface area contributed by atoms with Crippen LogP contribution in [0.2, 0.25) is 0 Å². The van der Waals surface area contributed by atoms with Crippen molar-refractivity contribution in [3.05, 3.63) is 35.5 Å². The van der Waals surface area contributed by atoms with Crippen molar-refractivity contribution < 1.29 is 17.9 Å². The number of ether oxygens (including phenoxy) is 1. The van der Waals surface area contributed by atoms with Gasteiger partial charge in [0.15, 0.2) is 5.03 Å². The summed E-state index contributed by atoms with van der Waals surface area (Å²) in [4.78, 5) is 23.8. The van der Waals surface area contributed by atoms with E-state index in [1.807, 2.05) is 4.72 Å². The van der Waals surface area contributed by atoms with Crippen LogP contribution in [-0.4, -0.2) is 36.5 Å². The molecule has 0 aliphatic carbocycles. The van der Waals surface area contributed by atoms with Gasteiger partial charge in [-0.2, -0.15) is 13.4 Å². The molecule has 0 aliphatic heterocycles. The van der Waals surface area contributed by atoms with Crippen LogP contribution in [0.3, 0.4) is 0 Å². The number of carbonyl (C=O) groups is 1. The molecule has 11 heteroatoms.